The molecule has 0 bridgehead atoms. The molecule has 0 fully saturated rings. The van der Waals surface area contributed by atoms with Crippen LogP contribution in [0.2, 0.25) is 5.02 Å². The lowest BCUT2D eigenvalue weighted by Crippen LogP contribution is -2.10. The molecule has 1 N–H and O–H groups in total. The van der Waals surface area contributed by atoms with Gasteiger partial charge in [-0.3, -0.25) is 0 Å². The van der Waals surface area contributed by atoms with Crippen molar-refractivity contribution >= 4 is 34.4 Å². The van der Waals surface area contributed by atoms with Gasteiger partial charge < -0.3 is 10.2 Å². The number of benzene rings is 4. The zero-order valence-electron chi connectivity index (χ0n) is 16.6. The van der Waals surface area contributed by atoms with Crippen LogP contribution < -0.4 is 10.2 Å². The molecule has 0 radical (unpaired) electrons. The Kier molecular flexibility index (Phi) is 5.55. The van der Waals surface area contributed by atoms with Gasteiger partial charge in [0.2, 0.25) is 0 Å². The topological polar surface area (TPSA) is 15.3 Å². The van der Waals surface area contributed by atoms with Gasteiger partial charge in [0.05, 0.1) is 16.4 Å². The number of nitrogens with one attached hydrogen (secondary N) is 1. The minimum Gasteiger partial charge on any atom is -0.354 e. The molecule has 4 aromatic rings. The van der Waals surface area contributed by atoms with E-state index in [0.29, 0.717) is 5.02 Å². The maximum absolute atomic E-state index is 6.80. The molecule has 0 atom stereocenters. The molecule has 4 aromatic carbocycles. The number of halogens is 1. The molecule has 0 amide bonds. The largest absolute Gasteiger partial charge is 0.354 e. The predicted octanol–water partition coefficient (Wildman–Crippen LogP) is 7.83. The number of hydrogen-bond donors (Lipinski definition) is 1. The van der Waals surface area contributed by atoms with Crippen molar-refractivity contribution in [3.63, 3.8) is 0 Å². The molecule has 0 saturated carbocycles. The number of aryl methyl sites for hydroxylation is 1. The summed E-state index contributed by atoms with van der Waals surface area (Å²) in [6.45, 7) is 2.09. The molecule has 29 heavy (non-hydrogen) atoms. The normalized spacial score (nSPS) is 10.6. The molecule has 0 heterocycles. The lowest BCUT2D eigenvalue weighted by atomic mass is 10.1. The van der Waals surface area contributed by atoms with Gasteiger partial charge >= 0.3 is 0 Å². The van der Waals surface area contributed by atoms with E-state index < -0.39 is 0 Å². The SMILES string of the molecule is Cc1cccc(N(C)c2cccc(Nc3cccc(-c4ccccc4)c3)c2Cl)c1. The van der Waals surface area contributed by atoms with Gasteiger partial charge in [0.25, 0.3) is 0 Å². The number of rotatable bonds is 5. The maximum Gasteiger partial charge on any atom is 0.0877 e. The molecule has 0 spiro atoms. The van der Waals surface area contributed by atoms with Crippen molar-refractivity contribution in [2.24, 2.45) is 0 Å². The summed E-state index contributed by atoms with van der Waals surface area (Å²) in [5.41, 5.74) is 7.53. The van der Waals surface area contributed by atoms with E-state index >= 15 is 0 Å². The first kappa shape index (κ1) is 19.1. The monoisotopic (exact) mass is 398 g/mol. The average Bonchev–Trinajstić information content (AvgIpc) is 2.76. The third-order valence-electron chi connectivity index (χ3n) is 4.98. The lowest BCUT2D eigenvalue weighted by molar-refractivity contribution is 1.20. The van der Waals surface area contributed by atoms with E-state index in [2.05, 4.69) is 89.9 Å². The minimum atomic E-state index is 0.696. The Morgan fingerprint density at radius 1 is 0.724 bits per heavy atom. The van der Waals surface area contributed by atoms with Crippen LogP contribution in [0.3, 0.4) is 0 Å². The fourth-order valence-electron chi connectivity index (χ4n) is 3.41. The highest BCUT2D eigenvalue weighted by Gasteiger charge is 2.12. The zero-order chi connectivity index (χ0) is 20.2. The summed E-state index contributed by atoms with van der Waals surface area (Å²) in [5, 5.41) is 4.18. The second kappa shape index (κ2) is 8.42. The van der Waals surface area contributed by atoms with Gasteiger partial charge in [-0.25, -0.2) is 0 Å². The van der Waals surface area contributed by atoms with E-state index in [-0.39, 0.29) is 0 Å². The smallest absolute Gasteiger partial charge is 0.0877 e. The van der Waals surface area contributed by atoms with Gasteiger partial charge in [-0.05, 0) is 60.0 Å². The fraction of sp³-hybridized carbons (Fsp3) is 0.0769. The van der Waals surface area contributed by atoms with E-state index in [1.54, 1.807) is 0 Å². The van der Waals surface area contributed by atoms with Crippen LogP contribution in [0.1, 0.15) is 5.56 Å². The highest BCUT2D eigenvalue weighted by atomic mass is 35.5. The Labute approximate surface area is 177 Å². The molecule has 2 nitrogen and oxygen atoms in total. The van der Waals surface area contributed by atoms with E-state index in [1.807, 2.05) is 31.3 Å². The van der Waals surface area contributed by atoms with Crippen LogP contribution in [0.5, 0.6) is 0 Å². The molecule has 0 saturated heterocycles. The fourth-order valence-corrected chi connectivity index (χ4v) is 3.71. The summed E-state index contributed by atoms with van der Waals surface area (Å²) in [4.78, 5) is 2.11. The molecule has 0 aliphatic carbocycles. The quantitative estimate of drug-likeness (QED) is 0.368. The Hall–Kier alpha value is -3.23. The summed E-state index contributed by atoms with van der Waals surface area (Å²) >= 11 is 6.80. The highest BCUT2D eigenvalue weighted by Crippen LogP contribution is 2.37. The number of anilines is 4. The van der Waals surface area contributed by atoms with Gasteiger partial charge in [-0.1, -0.05) is 72.3 Å². The van der Waals surface area contributed by atoms with Crippen LogP contribution in [-0.2, 0) is 0 Å². The van der Waals surface area contributed by atoms with Crippen molar-refractivity contribution in [2.75, 3.05) is 17.3 Å². The van der Waals surface area contributed by atoms with Crippen molar-refractivity contribution in [3.8, 4) is 11.1 Å². The van der Waals surface area contributed by atoms with Gasteiger partial charge in [-0.15, -0.1) is 0 Å². The Morgan fingerprint density at radius 2 is 1.45 bits per heavy atom. The Balaban J connectivity index is 1.63. The molecular weight excluding hydrogens is 376 g/mol. The highest BCUT2D eigenvalue weighted by molar-refractivity contribution is 6.36. The first-order valence-corrected chi connectivity index (χ1v) is 10.0. The van der Waals surface area contributed by atoms with E-state index in [4.69, 9.17) is 11.6 Å². The minimum absolute atomic E-state index is 0.696. The van der Waals surface area contributed by atoms with Crippen molar-refractivity contribution in [1.82, 2.24) is 0 Å². The number of nitrogens with zero attached hydrogens (tertiary/aromatic N) is 1. The van der Waals surface area contributed by atoms with E-state index in [1.165, 1.54) is 16.7 Å². The summed E-state index contributed by atoms with van der Waals surface area (Å²) in [6.07, 6.45) is 0. The lowest BCUT2D eigenvalue weighted by Gasteiger charge is -2.23. The first-order valence-electron chi connectivity index (χ1n) is 9.63. The Bertz CT molecular complexity index is 1120. The third kappa shape index (κ3) is 4.28. The molecule has 144 valence electrons. The molecule has 3 heteroatoms. The van der Waals surface area contributed by atoms with Gasteiger partial charge in [0.1, 0.15) is 0 Å². The van der Waals surface area contributed by atoms with Gasteiger partial charge in [0.15, 0.2) is 0 Å². The zero-order valence-corrected chi connectivity index (χ0v) is 17.3. The van der Waals surface area contributed by atoms with Gasteiger partial charge in [0, 0.05) is 18.4 Å². The predicted molar refractivity (Wildman–Crippen MR) is 126 cm³/mol. The summed E-state index contributed by atoms with van der Waals surface area (Å²) in [6, 6.07) is 33.2. The van der Waals surface area contributed by atoms with Crippen LogP contribution in [-0.4, -0.2) is 7.05 Å². The molecule has 0 aromatic heterocycles. The van der Waals surface area contributed by atoms with Crippen LogP contribution in [0, 0.1) is 6.92 Å². The van der Waals surface area contributed by atoms with E-state index in [9.17, 15) is 0 Å². The second-order valence-corrected chi connectivity index (χ2v) is 7.49. The maximum atomic E-state index is 6.80. The third-order valence-corrected chi connectivity index (χ3v) is 5.37. The molecule has 4 rings (SSSR count). The van der Waals surface area contributed by atoms with Crippen molar-refractivity contribution in [3.05, 3.63) is 108 Å². The summed E-state index contributed by atoms with van der Waals surface area (Å²) in [5.74, 6) is 0. The van der Waals surface area contributed by atoms with Crippen molar-refractivity contribution in [2.45, 2.75) is 6.92 Å². The van der Waals surface area contributed by atoms with Crippen molar-refractivity contribution in [1.29, 1.82) is 0 Å². The van der Waals surface area contributed by atoms with Crippen LogP contribution in [0.15, 0.2) is 97.1 Å². The number of hydrogen-bond acceptors (Lipinski definition) is 2. The van der Waals surface area contributed by atoms with Gasteiger partial charge in [-0.2, -0.15) is 0 Å². The first-order chi connectivity index (χ1) is 14.1. The van der Waals surface area contributed by atoms with Crippen LogP contribution in [0.25, 0.3) is 11.1 Å². The second-order valence-electron chi connectivity index (χ2n) is 7.11. The summed E-state index contributed by atoms with van der Waals surface area (Å²) < 4.78 is 0. The molecule has 0 unspecified atom stereocenters. The summed E-state index contributed by atoms with van der Waals surface area (Å²) in [7, 11) is 2.04. The Morgan fingerprint density at radius 3 is 2.24 bits per heavy atom. The van der Waals surface area contributed by atoms with Crippen molar-refractivity contribution < 1.29 is 0 Å². The molecule has 0 aliphatic rings. The van der Waals surface area contributed by atoms with Crippen LogP contribution in [0.4, 0.5) is 22.7 Å². The molecular formula is C26H23ClN2. The van der Waals surface area contributed by atoms with Crippen LogP contribution >= 0.6 is 11.6 Å². The standard InChI is InChI=1S/C26H23ClN2/c1-19-9-6-14-23(17-19)29(2)25-16-8-15-24(26(25)27)28-22-13-7-12-21(18-22)20-10-4-3-5-11-20/h3-18,28H,1-2H3. The molecule has 0 aliphatic heterocycles. The van der Waals surface area contributed by atoms with E-state index in [0.717, 1.165) is 22.7 Å². The average molecular weight is 399 g/mol.